The average molecular weight is 505 g/mol. The van der Waals surface area contributed by atoms with Crippen molar-refractivity contribution in [2.45, 2.75) is 39.0 Å². The van der Waals surface area contributed by atoms with Crippen molar-refractivity contribution < 1.29 is 9.59 Å². The highest BCUT2D eigenvalue weighted by Gasteiger charge is 2.48. The van der Waals surface area contributed by atoms with Crippen LogP contribution < -0.4 is 5.32 Å². The molecule has 178 valence electrons. The van der Waals surface area contributed by atoms with E-state index in [1.807, 2.05) is 66.9 Å². The molecule has 0 bridgehead atoms. The summed E-state index contributed by atoms with van der Waals surface area (Å²) in [6, 6.07) is 21.1. The van der Waals surface area contributed by atoms with Gasteiger partial charge in [0.25, 0.3) is 5.91 Å². The molecule has 1 atom stereocenters. The van der Waals surface area contributed by atoms with E-state index in [-0.39, 0.29) is 24.9 Å². The molecule has 35 heavy (non-hydrogen) atoms. The van der Waals surface area contributed by atoms with Crippen molar-refractivity contribution in [1.29, 1.82) is 0 Å². The fourth-order valence-electron chi connectivity index (χ4n) is 4.31. The Labute approximate surface area is 213 Å². The van der Waals surface area contributed by atoms with Gasteiger partial charge in [0.2, 0.25) is 5.91 Å². The standard InChI is InChI=1S/C27H25ClN4O2S/c1-18-9-11-19(12-10-18)15-29-26(34)27(2)17-32-23(14-22(30-32)24-8-5-13-35-24)25(33)31(27)16-20-6-3-4-7-21(20)28/h3-14H,15-17H2,1-2H3,(H,29,34). The molecule has 0 aliphatic carbocycles. The van der Waals surface area contributed by atoms with E-state index in [0.717, 1.165) is 27.3 Å². The van der Waals surface area contributed by atoms with Gasteiger partial charge in [0.05, 0.1) is 11.4 Å². The molecule has 2 aromatic heterocycles. The average Bonchev–Trinajstić information content (AvgIpc) is 3.52. The number of aryl methyl sites for hydroxylation is 1. The minimum Gasteiger partial charge on any atom is -0.350 e. The van der Waals surface area contributed by atoms with Crippen LogP contribution in [0.25, 0.3) is 10.6 Å². The van der Waals surface area contributed by atoms with E-state index >= 15 is 0 Å². The lowest BCUT2D eigenvalue weighted by atomic mass is 9.94. The Morgan fingerprint density at radius 1 is 1.14 bits per heavy atom. The molecule has 3 heterocycles. The number of benzene rings is 2. The number of carbonyl (C=O) groups is 2. The van der Waals surface area contributed by atoms with Gasteiger partial charge in [-0.2, -0.15) is 5.10 Å². The normalized spacial score (nSPS) is 17.3. The quantitative estimate of drug-likeness (QED) is 0.387. The van der Waals surface area contributed by atoms with Crippen LogP contribution in [0, 0.1) is 6.92 Å². The predicted molar refractivity (Wildman–Crippen MR) is 138 cm³/mol. The van der Waals surface area contributed by atoms with Gasteiger partial charge in [0.15, 0.2) is 0 Å². The largest absolute Gasteiger partial charge is 0.350 e. The van der Waals surface area contributed by atoms with Crippen LogP contribution in [0.2, 0.25) is 5.02 Å². The second-order valence-corrected chi connectivity index (χ2v) is 10.3. The number of thiophene rings is 1. The Balaban J connectivity index is 1.49. The summed E-state index contributed by atoms with van der Waals surface area (Å²) in [5.74, 6) is -0.489. The highest BCUT2D eigenvalue weighted by atomic mass is 35.5. The first-order valence-electron chi connectivity index (χ1n) is 11.4. The maximum Gasteiger partial charge on any atom is 0.273 e. The van der Waals surface area contributed by atoms with Gasteiger partial charge in [0.1, 0.15) is 16.9 Å². The van der Waals surface area contributed by atoms with E-state index in [0.29, 0.717) is 17.3 Å². The highest BCUT2D eigenvalue weighted by Crippen LogP contribution is 2.33. The molecule has 4 aromatic rings. The van der Waals surface area contributed by atoms with Gasteiger partial charge in [-0.1, -0.05) is 65.7 Å². The zero-order chi connectivity index (χ0) is 24.6. The lowest BCUT2D eigenvalue weighted by Gasteiger charge is -2.43. The van der Waals surface area contributed by atoms with E-state index in [1.165, 1.54) is 0 Å². The third-order valence-electron chi connectivity index (χ3n) is 6.42. The second-order valence-electron chi connectivity index (χ2n) is 8.97. The maximum absolute atomic E-state index is 13.8. The van der Waals surface area contributed by atoms with E-state index in [4.69, 9.17) is 11.6 Å². The smallest absolute Gasteiger partial charge is 0.273 e. The lowest BCUT2D eigenvalue weighted by molar-refractivity contribution is -0.133. The lowest BCUT2D eigenvalue weighted by Crippen LogP contribution is -2.63. The van der Waals surface area contributed by atoms with Crippen LogP contribution >= 0.6 is 22.9 Å². The number of nitrogens with one attached hydrogen (secondary N) is 1. The fourth-order valence-corrected chi connectivity index (χ4v) is 5.19. The van der Waals surface area contributed by atoms with Crippen LogP contribution in [0.5, 0.6) is 0 Å². The minimum atomic E-state index is -1.16. The predicted octanol–water partition coefficient (Wildman–Crippen LogP) is 5.30. The molecule has 2 aromatic carbocycles. The van der Waals surface area contributed by atoms with Crippen molar-refractivity contribution in [3.63, 3.8) is 0 Å². The molecular weight excluding hydrogens is 480 g/mol. The summed E-state index contributed by atoms with van der Waals surface area (Å²) in [5.41, 5.74) is 2.96. The number of nitrogens with zero attached hydrogens (tertiary/aromatic N) is 3. The van der Waals surface area contributed by atoms with Crippen LogP contribution in [0.15, 0.2) is 72.1 Å². The first-order chi connectivity index (χ1) is 16.8. The molecule has 0 fully saturated rings. The number of aromatic nitrogens is 2. The van der Waals surface area contributed by atoms with Crippen LogP contribution in [0.3, 0.4) is 0 Å². The summed E-state index contributed by atoms with van der Waals surface area (Å²) < 4.78 is 1.66. The number of halogens is 1. The van der Waals surface area contributed by atoms with Gasteiger partial charge in [-0.05, 0) is 48.6 Å². The van der Waals surface area contributed by atoms with Crippen LogP contribution in [0.1, 0.15) is 34.1 Å². The molecule has 1 N–H and O–H groups in total. The molecule has 0 radical (unpaired) electrons. The van der Waals surface area contributed by atoms with Gasteiger partial charge < -0.3 is 10.2 Å². The van der Waals surface area contributed by atoms with Crippen LogP contribution in [-0.2, 0) is 24.4 Å². The van der Waals surface area contributed by atoms with E-state index in [1.54, 1.807) is 40.0 Å². The Kier molecular flexibility index (Phi) is 6.21. The van der Waals surface area contributed by atoms with Gasteiger partial charge in [-0.25, -0.2) is 0 Å². The number of carbonyl (C=O) groups excluding carboxylic acids is 2. The van der Waals surface area contributed by atoms with Gasteiger partial charge in [0, 0.05) is 18.1 Å². The maximum atomic E-state index is 13.8. The summed E-state index contributed by atoms with van der Waals surface area (Å²) in [6.45, 7) is 4.64. The Morgan fingerprint density at radius 3 is 2.63 bits per heavy atom. The molecule has 5 rings (SSSR count). The first-order valence-corrected chi connectivity index (χ1v) is 12.6. The molecule has 0 spiro atoms. The van der Waals surface area contributed by atoms with Gasteiger partial charge >= 0.3 is 0 Å². The molecule has 0 saturated carbocycles. The Hall–Kier alpha value is -3.42. The molecule has 1 aliphatic heterocycles. The summed E-state index contributed by atoms with van der Waals surface area (Å²) >= 11 is 8.00. The highest BCUT2D eigenvalue weighted by molar-refractivity contribution is 7.13. The van der Waals surface area contributed by atoms with Crippen molar-refractivity contribution in [1.82, 2.24) is 20.0 Å². The van der Waals surface area contributed by atoms with E-state index in [9.17, 15) is 9.59 Å². The third kappa shape index (κ3) is 4.49. The molecular formula is C27H25ClN4O2S. The van der Waals surface area contributed by atoms with Crippen LogP contribution in [-0.4, -0.2) is 32.0 Å². The van der Waals surface area contributed by atoms with E-state index < -0.39 is 5.54 Å². The monoisotopic (exact) mass is 504 g/mol. The Morgan fingerprint density at radius 2 is 1.91 bits per heavy atom. The van der Waals surface area contributed by atoms with Crippen molar-refractivity contribution >= 4 is 34.8 Å². The number of hydrogen-bond donors (Lipinski definition) is 1. The summed E-state index contributed by atoms with van der Waals surface area (Å²) in [7, 11) is 0. The van der Waals surface area contributed by atoms with Crippen molar-refractivity contribution in [3.8, 4) is 10.6 Å². The minimum absolute atomic E-state index is 0.215. The second kappa shape index (κ2) is 9.32. The zero-order valence-corrected chi connectivity index (χ0v) is 21.1. The zero-order valence-electron chi connectivity index (χ0n) is 19.5. The summed E-state index contributed by atoms with van der Waals surface area (Å²) in [6.07, 6.45) is 0. The van der Waals surface area contributed by atoms with E-state index in [2.05, 4.69) is 10.4 Å². The SMILES string of the molecule is Cc1ccc(CNC(=O)C2(C)Cn3nc(-c4cccs4)cc3C(=O)N2Cc2ccccc2Cl)cc1. The molecule has 0 saturated heterocycles. The van der Waals surface area contributed by atoms with Crippen LogP contribution in [0.4, 0.5) is 0 Å². The van der Waals surface area contributed by atoms with Gasteiger partial charge in [-0.3, -0.25) is 14.3 Å². The molecule has 8 heteroatoms. The topological polar surface area (TPSA) is 67.2 Å². The molecule has 6 nitrogen and oxygen atoms in total. The fraction of sp³-hybridized carbons (Fsp3) is 0.222. The number of fused-ring (bicyclic) bond motifs is 1. The van der Waals surface area contributed by atoms with Gasteiger partial charge in [-0.15, -0.1) is 11.3 Å². The van der Waals surface area contributed by atoms with Crippen molar-refractivity contribution in [2.75, 3.05) is 0 Å². The number of amides is 2. The number of hydrogen-bond acceptors (Lipinski definition) is 4. The molecule has 1 aliphatic rings. The molecule has 1 unspecified atom stereocenters. The van der Waals surface area contributed by atoms with Crippen molar-refractivity contribution in [3.05, 3.63) is 99.5 Å². The third-order valence-corrected chi connectivity index (χ3v) is 7.68. The Bertz CT molecular complexity index is 1380. The van der Waals surface area contributed by atoms with Crippen molar-refractivity contribution in [2.24, 2.45) is 0 Å². The summed E-state index contributed by atoms with van der Waals surface area (Å²) in [5, 5.41) is 10.3. The number of rotatable bonds is 6. The molecule has 2 amide bonds. The summed E-state index contributed by atoms with van der Waals surface area (Å²) in [4.78, 5) is 30.0. The first kappa shape index (κ1) is 23.3.